The van der Waals surface area contributed by atoms with Crippen LogP contribution in [0.1, 0.15) is 5.56 Å². The van der Waals surface area contributed by atoms with Crippen molar-refractivity contribution in [3.8, 4) is 10.6 Å². The highest BCUT2D eigenvalue weighted by atomic mass is 32.1. The number of hydrogen-bond acceptors (Lipinski definition) is 4. The topological polar surface area (TPSA) is 67.6 Å². The van der Waals surface area contributed by atoms with E-state index in [-0.39, 0.29) is 0 Å². The first-order valence-corrected chi connectivity index (χ1v) is 6.33. The molecule has 5 heteroatoms. The Balaban J connectivity index is 2.26. The Labute approximate surface area is 103 Å². The maximum Gasteiger partial charge on any atom is 0.141 e. The average Bonchev–Trinajstić information content (AvgIpc) is 2.98. The van der Waals surface area contributed by atoms with Gasteiger partial charge in [0.2, 0.25) is 0 Å². The fourth-order valence-electron chi connectivity index (χ4n) is 1.98. The molecule has 3 heterocycles. The smallest absolute Gasteiger partial charge is 0.141 e. The third-order valence-electron chi connectivity index (χ3n) is 2.72. The molecule has 0 aromatic carbocycles. The van der Waals surface area contributed by atoms with E-state index in [1.165, 1.54) is 5.56 Å². The zero-order valence-corrected chi connectivity index (χ0v) is 10.00. The van der Waals surface area contributed by atoms with E-state index in [9.17, 15) is 0 Å². The number of rotatable bonds is 3. The second kappa shape index (κ2) is 4.27. The zero-order valence-electron chi connectivity index (χ0n) is 9.18. The van der Waals surface area contributed by atoms with Crippen molar-refractivity contribution in [3.05, 3.63) is 35.6 Å². The first-order valence-electron chi connectivity index (χ1n) is 5.45. The van der Waals surface area contributed by atoms with E-state index in [2.05, 4.69) is 26.4 Å². The first-order chi connectivity index (χ1) is 8.40. The number of aromatic amines is 1. The standard InChI is InChI=1S/C12H12N4S/c13-4-3-8-6-14-12-10(8)11(15-7-16-12)9-2-1-5-17-9/h1-2,5-7H,3-4,13H2,(H,14,15,16). The summed E-state index contributed by atoms with van der Waals surface area (Å²) < 4.78 is 0. The van der Waals surface area contributed by atoms with Crippen molar-refractivity contribution in [2.45, 2.75) is 6.42 Å². The van der Waals surface area contributed by atoms with Gasteiger partial charge in [0.05, 0.1) is 10.6 Å². The Morgan fingerprint density at radius 2 is 2.29 bits per heavy atom. The molecule has 0 aliphatic carbocycles. The fraction of sp³-hybridized carbons (Fsp3) is 0.167. The van der Waals surface area contributed by atoms with Crippen molar-refractivity contribution in [3.63, 3.8) is 0 Å². The number of hydrogen-bond donors (Lipinski definition) is 2. The molecular formula is C12H12N4S. The van der Waals surface area contributed by atoms with Crippen LogP contribution in [0.25, 0.3) is 21.6 Å². The summed E-state index contributed by atoms with van der Waals surface area (Å²) in [6.45, 7) is 0.631. The molecule has 4 nitrogen and oxygen atoms in total. The lowest BCUT2D eigenvalue weighted by atomic mass is 10.1. The van der Waals surface area contributed by atoms with Gasteiger partial charge in [-0.15, -0.1) is 11.3 Å². The third-order valence-corrected chi connectivity index (χ3v) is 3.60. The van der Waals surface area contributed by atoms with Crippen LogP contribution in [0.2, 0.25) is 0 Å². The number of H-pyrrole nitrogens is 1. The minimum absolute atomic E-state index is 0.631. The molecule has 0 aliphatic rings. The normalized spacial score (nSPS) is 11.1. The molecule has 17 heavy (non-hydrogen) atoms. The molecule has 0 amide bonds. The molecule has 0 spiro atoms. The van der Waals surface area contributed by atoms with Crippen molar-refractivity contribution in [2.75, 3.05) is 6.54 Å². The van der Waals surface area contributed by atoms with E-state index in [1.807, 2.05) is 12.3 Å². The van der Waals surface area contributed by atoms with Gasteiger partial charge in [0.1, 0.15) is 12.0 Å². The summed E-state index contributed by atoms with van der Waals surface area (Å²) in [5.41, 5.74) is 8.69. The molecule has 0 bridgehead atoms. The SMILES string of the molecule is NCCc1c[nH]c2ncnc(-c3cccs3)c12. The Morgan fingerprint density at radius 1 is 1.35 bits per heavy atom. The highest BCUT2D eigenvalue weighted by molar-refractivity contribution is 7.13. The molecule has 3 aromatic heterocycles. The van der Waals surface area contributed by atoms with Gasteiger partial charge < -0.3 is 10.7 Å². The van der Waals surface area contributed by atoms with Gasteiger partial charge >= 0.3 is 0 Å². The van der Waals surface area contributed by atoms with Crippen LogP contribution in [0.5, 0.6) is 0 Å². The van der Waals surface area contributed by atoms with Crippen molar-refractivity contribution in [1.82, 2.24) is 15.0 Å². The molecule has 0 saturated heterocycles. The second-order valence-corrected chi connectivity index (χ2v) is 4.72. The highest BCUT2D eigenvalue weighted by Gasteiger charge is 2.12. The summed E-state index contributed by atoms with van der Waals surface area (Å²) in [6, 6.07) is 4.11. The number of fused-ring (bicyclic) bond motifs is 1. The molecule has 0 aliphatic heterocycles. The van der Waals surface area contributed by atoms with Gasteiger partial charge in [0.15, 0.2) is 0 Å². The van der Waals surface area contributed by atoms with E-state index in [1.54, 1.807) is 17.7 Å². The van der Waals surface area contributed by atoms with Gasteiger partial charge in [-0.1, -0.05) is 6.07 Å². The van der Waals surface area contributed by atoms with Crippen LogP contribution in [0.3, 0.4) is 0 Å². The van der Waals surface area contributed by atoms with Crippen molar-refractivity contribution in [2.24, 2.45) is 5.73 Å². The molecule has 0 saturated carbocycles. The number of aromatic nitrogens is 3. The predicted octanol–water partition coefficient (Wildman–Crippen LogP) is 2.19. The van der Waals surface area contributed by atoms with E-state index in [0.29, 0.717) is 6.54 Å². The monoisotopic (exact) mass is 244 g/mol. The van der Waals surface area contributed by atoms with E-state index in [4.69, 9.17) is 5.73 Å². The van der Waals surface area contributed by atoms with Crippen LogP contribution >= 0.6 is 11.3 Å². The molecule has 86 valence electrons. The summed E-state index contributed by atoms with van der Waals surface area (Å²) in [5.74, 6) is 0. The van der Waals surface area contributed by atoms with Crippen molar-refractivity contribution >= 4 is 22.4 Å². The van der Waals surface area contributed by atoms with Gasteiger partial charge in [-0.2, -0.15) is 0 Å². The minimum atomic E-state index is 0.631. The summed E-state index contributed by atoms with van der Waals surface area (Å²) in [7, 11) is 0. The van der Waals surface area contributed by atoms with Crippen LogP contribution in [0, 0.1) is 0 Å². The molecule has 0 fully saturated rings. The van der Waals surface area contributed by atoms with Gasteiger partial charge in [-0.05, 0) is 30.0 Å². The predicted molar refractivity (Wildman–Crippen MR) is 70.0 cm³/mol. The molecule has 3 aromatic rings. The lowest BCUT2D eigenvalue weighted by Gasteiger charge is -2.01. The first kappa shape index (κ1) is 10.4. The quantitative estimate of drug-likeness (QED) is 0.742. The van der Waals surface area contributed by atoms with E-state index < -0.39 is 0 Å². The lowest BCUT2D eigenvalue weighted by Crippen LogP contribution is -2.02. The number of thiophene rings is 1. The Hall–Kier alpha value is -1.72. The maximum absolute atomic E-state index is 5.63. The average molecular weight is 244 g/mol. The fourth-order valence-corrected chi connectivity index (χ4v) is 2.71. The number of nitrogens with zero attached hydrogens (tertiary/aromatic N) is 2. The lowest BCUT2D eigenvalue weighted by molar-refractivity contribution is 0.976. The van der Waals surface area contributed by atoms with Gasteiger partial charge in [0.25, 0.3) is 0 Å². The van der Waals surface area contributed by atoms with Crippen molar-refractivity contribution < 1.29 is 0 Å². The van der Waals surface area contributed by atoms with Crippen molar-refractivity contribution in [1.29, 1.82) is 0 Å². The minimum Gasteiger partial charge on any atom is -0.346 e. The third kappa shape index (κ3) is 1.73. The number of nitrogens with two attached hydrogens (primary N) is 1. The van der Waals surface area contributed by atoms with E-state index in [0.717, 1.165) is 28.0 Å². The highest BCUT2D eigenvalue weighted by Crippen LogP contribution is 2.30. The Kier molecular flexibility index (Phi) is 2.62. The molecule has 3 N–H and O–H groups in total. The van der Waals surface area contributed by atoms with Crippen LogP contribution < -0.4 is 5.73 Å². The Morgan fingerprint density at radius 3 is 3.06 bits per heavy atom. The van der Waals surface area contributed by atoms with Gasteiger partial charge in [-0.3, -0.25) is 0 Å². The summed E-state index contributed by atoms with van der Waals surface area (Å²) in [5, 5.41) is 3.15. The molecular weight excluding hydrogens is 232 g/mol. The number of nitrogens with one attached hydrogen (secondary N) is 1. The zero-order chi connectivity index (χ0) is 11.7. The van der Waals surface area contributed by atoms with E-state index >= 15 is 0 Å². The summed E-state index contributed by atoms with van der Waals surface area (Å²) >= 11 is 1.69. The summed E-state index contributed by atoms with van der Waals surface area (Å²) in [6.07, 6.45) is 4.41. The van der Waals surface area contributed by atoms with Crippen LogP contribution in [-0.2, 0) is 6.42 Å². The van der Waals surface area contributed by atoms with Crippen LogP contribution in [0.15, 0.2) is 30.0 Å². The molecule has 0 radical (unpaired) electrons. The van der Waals surface area contributed by atoms with Crippen LogP contribution in [-0.4, -0.2) is 21.5 Å². The molecule has 3 rings (SSSR count). The molecule has 0 atom stereocenters. The van der Waals surface area contributed by atoms with Crippen LogP contribution in [0.4, 0.5) is 0 Å². The van der Waals surface area contributed by atoms with Gasteiger partial charge in [0, 0.05) is 11.6 Å². The largest absolute Gasteiger partial charge is 0.346 e. The Bertz CT molecular complexity index is 627. The maximum atomic E-state index is 5.63. The molecule has 0 unspecified atom stereocenters. The summed E-state index contributed by atoms with van der Waals surface area (Å²) in [4.78, 5) is 13.0. The second-order valence-electron chi connectivity index (χ2n) is 3.78. The van der Waals surface area contributed by atoms with Gasteiger partial charge in [-0.25, -0.2) is 9.97 Å².